The van der Waals surface area contributed by atoms with Gasteiger partial charge in [-0.05, 0) is 48.9 Å². The van der Waals surface area contributed by atoms with Crippen molar-refractivity contribution in [3.8, 4) is 11.5 Å². The van der Waals surface area contributed by atoms with Crippen molar-refractivity contribution in [3.63, 3.8) is 0 Å². The Bertz CT molecular complexity index is 812. The van der Waals surface area contributed by atoms with Gasteiger partial charge < -0.3 is 19.3 Å². The maximum atomic E-state index is 9.91. The lowest BCUT2D eigenvalue weighted by molar-refractivity contribution is -0.0316. The van der Waals surface area contributed by atoms with Gasteiger partial charge in [-0.15, -0.1) is 0 Å². The summed E-state index contributed by atoms with van der Waals surface area (Å²) in [5.41, 5.74) is 2.32. The van der Waals surface area contributed by atoms with Crippen molar-refractivity contribution in [2.75, 3.05) is 26.8 Å². The van der Waals surface area contributed by atoms with Crippen molar-refractivity contribution in [3.05, 3.63) is 59.7 Å². The molecule has 3 atom stereocenters. The van der Waals surface area contributed by atoms with Crippen LogP contribution in [0.1, 0.15) is 43.2 Å². The number of nitrogens with zero attached hydrogens (tertiary/aromatic N) is 1. The Kier molecular flexibility index (Phi) is 7.84. The lowest BCUT2D eigenvalue weighted by atomic mass is 9.91. The molecule has 0 amide bonds. The quantitative estimate of drug-likeness (QED) is 0.652. The van der Waals surface area contributed by atoms with Crippen LogP contribution in [0.3, 0.4) is 0 Å². The van der Waals surface area contributed by atoms with Gasteiger partial charge in [0.15, 0.2) is 11.5 Å². The zero-order valence-corrected chi connectivity index (χ0v) is 18.5. The van der Waals surface area contributed by atoms with Crippen LogP contribution in [0.5, 0.6) is 11.5 Å². The molecule has 0 bridgehead atoms. The summed E-state index contributed by atoms with van der Waals surface area (Å²) in [7, 11) is 1.68. The standard InChI is InChI=1S/C26H35NO4/c1-29-26-17-20(11-12-25(26)31-19-21-7-3-2-4-8-21)14-16-30-24-10-6-5-9-23(24)27-15-13-22(28)18-27/h2-4,7-8,11-12,17,22-24,28H,5-6,9-10,13-16,18-19H2,1H3/t22-,23-,24-/m1/s1. The van der Waals surface area contributed by atoms with Crippen molar-refractivity contribution in [2.45, 2.75) is 63.4 Å². The van der Waals surface area contributed by atoms with E-state index in [1.165, 1.54) is 24.8 Å². The van der Waals surface area contributed by atoms with E-state index in [0.717, 1.165) is 49.4 Å². The Morgan fingerprint density at radius 2 is 1.81 bits per heavy atom. The van der Waals surface area contributed by atoms with E-state index >= 15 is 0 Å². The topological polar surface area (TPSA) is 51.2 Å². The monoisotopic (exact) mass is 425 g/mol. The van der Waals surface area contributed by atoms with Gasteiger partial charge in [-0.3, -0.25) is 4.90 Å². The van der Waals surface area contributed by atoms with Gasteiger partial charge in [-0.25, -0.2) is 0 Å². The van der Waals surface area contributed by atoms with Crippen molar-refractivity contribution in [2.24, 2.45) is 0 Å². The van der Waals surface area contributed by atoms with Crippen molar-refractivity contribution < 1.29 is 19.3 Å². The summed E-state index contributed by atoms with van der Waals surface area (Å²) in [6.07, 6.45) is 6.64. The van der Waals surface area contributed by atoms with Gasteiger partial charge in [0, 0.05) is 19.1 Å². The molecule has 0 unspecified atom stereocenters. The molecule has 1 heterocycles. The summed E-state index contributed by atoms with van der Waals surface area (Å²) in [6, 6.07) is 16.7. The SMILES string of the molecule is COc1cc(CCO[C@@H]2CCCC[C@H]2N2CC[C@@H](O)C2)ccc1OCc1ccccc1. The number of hydrogen-bond acceptors (Lipinski definition) is 5. The second-order valence-corrected chi connectivity index (χ2v) is 8.71. The van der Waals surface area contributed by atoms with Crippen LogP contribution in [0, 0.1) is 0 Å². The van der Waals surface area contributed by atoms with Crippen LogP contribution in [0.25, 0.3) is 0 Å². The first kappa shape index (κ1) is 22.1. The number of aliphatic hydroxyl groups is 1. The third kappa shape index (κ3) is 6.00. The molecule has 1 aliphatic carbocycles. The predicted octanol–water partition coefficient (Wildman–Crippen LogP) is 4.21. The molecule has 168 valence electrons. The van der Waals surface area contributed by atoms with Gasteiger partial charge in [0.2, 0.25) is 0 Å². The van der Waals surface area contributed by atoms with Crippen LogP contribution in [0.2, 0.25) is 0 Å². The fourth-order valence-electron chi connectivity index (χ4n) is 4.81. The van der Waals surface area contributed by atoms with E-state index in [1.807, 2.05) is 24.3 Å². The molecule has 1 aliphatic heterocycles. The minimum absolute atomic E-state index is 0.169. The Morgan fingerprint density at radius 3 is 2.58 bits per heavy atom. The number of benzene rings is 2. The van der Waals surface area contributed by atoms with Crippen molar-refractivity contribution >= 4 is 0 Å². The first-order valence-electron chi connectivity index (χ1n) is 11.6. The molecular formula is C26H35NO4. The van der Waals surface area contributed by atoms with Gasteiger partial charge in [0.1, 0.15) is 6.61 Å². The Hall–Kier alpha value is -2.08. The van der Waals surface area contributed by atoms with Gasteiger partial charge in [-0.2, -0.15) is 0 Å². The number of methoxy groups -OCH3 is 1. The summed E-state index contributed by atoms with van der Waals surface area (Å²) in [6.45, 7) is 3.01. The highest BCUT2D eigenvalue weighted by Crippen LogP contribution is 2.30. The molecule has 31 heavy (non-hydrogen) atoms. The van der Waals surface area contributed by atoms with E-state index in [-0.39, 0.29) is 12.2 Å². The van der Waals surface area contributed by atoms with Crippen LogP contribution in [-0.4, -0.2) is 55.1 Å². The van der Waals surface area contributed by atoms with Crippen LogP contribution in [-0.2, 0) is 17.8 Å². The van der Waals surface area contributed by atoms with E-state index < -0.39 is 0 Å². The molecule has 2 aromatic rings. The average molecular weight is 426 g/mol. The first-order chi connectivity index (χ1) is 15.2. The number of ether oxygens (including phenoxy) is 3. The molecule has 2 aliphatic rings. The number of hydrogen-bond donors (Lipinski definition) is 1. The first-order valence-corrected chi connectivity index (χ1v) is 11.6. The Labute approximate surface area is 185 Å². The Morgan fingerprint density at radius 1 is 0.968 bits per heavy atom. The summed E-state index contributed by atoms with van der Waals surface area (Å²) in [5, 5.41) is 9.91. The molecule has 1 N–H and O–H groups in total. The summed E-state index contributed by atoms with van der Waals surface area (Å²) in [5.74, 6) is 1.52. The zero-order valence-electron chi connectivity index (χ0n) is 18.5. The molecule has 2 fully saturated rings. The molecule has 0 radical (unpaired) electrons. The second-order valence-electron chi connectivity index (χ2n) is 8.71. The molecule has 1 saturated heterocycles. The maximum absolute atomic E-state index is 9.91. The van der Waals surface area contributed by atoms with Gasteiger partial charge in [0.05, 0.1) is 25.9 Å². The van der Waals surface area contributed by atoms with Gasteiger partial charge >= 0.3 is 0 Å². The van der Waals surface area contributed by atoms with Crippen molar-refractivity contribution in [1.29, 1.82) is 0 Å². The number of β-amino-alcohol motifs (C(OH)–C–C–N with tert-alkyl or cyclic N) is 1. The minimum atomic E-state index is -0.169. The summed E-state index contributed by atoms with van der Waals surface area (Å²) in [4.78, 5) is 2.44. The number of likely N-dealkylation sites (tertiary alicyclic amines) is 1. The van der Waals surface area contributed by atoms with Gasteiger partial charge in [-0.1, -0.05) is 49.2 Å². The van der Waals surface area contributed by atoms with Crippen LogP contribution in [0.15, 0.2) is 48.5 Å². The van der Waals surface area contributed by atoms with E-state index in [1.54, 1.807) is 7.11 Å². The molecule has 0 spiro atoms. The predicted molar refractivity (Wildman–Crippen MR) is 122 cm³/mol. The normalized spacial score (nSPS) is 24.3. The minimum Gasteiger partial charge on any atom is -0.493 e. The third-order valence-electron chi connectivity index (χ3n) is 6.52. The Balaban J connectivity index is 1.29. The van der Waals surface area contributed by atoms with Crippen LogP contribution >= 0.6 is 0 Å². The van der Waals surface area contributed by atoms with E-state index in [9.17, 15) is 5.11 Å². The van der Waals surface area contributed by atoms with E-state index in [2.05, 4.69) is 29.2 Å². The smallest absolute Gasteiger partial charge is 0.161 e. The number of rotatable bonds is 9. The molecular weight excluding hydrogens is 390 g/mol. The van der Waals surface area contributed by atoms with Gasteiger partial charge in [0.25, 0.3) is 0 Å². The molecule has 4 rings (SSSR count). The zero-order chi connectivity index (χ0) is 21.5. The van der Waals surface area contributed by atoms with Crippen LogP contribution < -0.4 is 9.47 Å². The van der Waals surface area contributed by atoms with Crippen LogP contribution in [0.4, 0.5) is 0 Å². The fourth-order valence-corrected chi connectivity index (χ4v) is 4.81. The van der Waals surface area contributed by atoms with Crippen molar-refractivity contribution in [1.82, 2.24) is 4.90 Å². The molecule has 5 nitrogen and oxygen atoms in total. The number of aliphatic hydroxyl groups excluding tert-OH is 1. The molecule has 1 saturated carbocycles. The fraction of sp³-hybridized carbons (Fsp3) is 0.538. The molecule has 2 aromatic carbocycles. The van der Waals surface area contributed by atoms with E-state index in [4.69, 9.17) is 14.2 Å². The highest BCUT2D eigenvalue weighted by atomic mass is 16.5. The third-order valence-corrected chi connectivity index (χ3v) is 6.52. The lowest BCUT2D eigenvalue weighted by Gasteiger charge is -2.37. The molecule has 5 heteroatoms. The summed E-state index contributed by atoms with van der Waals surface area (Å²) < 4.78 is 17.9. The maximum Gasteiger partial charge on any atom is 0.161 e. The molecule has 0 aromatic heterocycles. The second kappa shape index (κ2) is 11.0. The highest BCUT2D eigenvalue weighted by molar-refractivity contribution is 5.43. The largest absolute Gasteiger partial charge is 0.493 e. The lowest BCUT2D eigenvalue weighted by Crippen LogP contribution is -2.46. The average Bonchev–Trinajstić information content (AvgIpc) is 3.25. The summed E-state index contributed by atoms with van der Waals surface area (Å²) >= 11 is 0. The highest BCUT2D eigenvalue weighted by Gasteiger charge is 2.34. The van der Waals surface area contributed by atoms with E-state index in [0.29, 0.717) is 19.3 Å².